The molecule has 124 valence electrons. The van der Waals surface area contributed by atoms with Crippen molar-refractivity contribution in [3.8, 4) is 11.5 Å². The molecule has 0 aliphatic carbocycles. The number of hydrogen-bond donors (Lipinski definition) is 0. The van der Waals surface area contributed by atoms with E-state index in [9.17, 15) is 0 Å². The Kier molecular flexibility index (Phi) is 3.57. The summed E-state index contributed by atoms with van der Waals surface area (Å²) in [5, 5.41) is 5.15. The van der Waals surface area contributed by atoms with Crippen molar-refractivity contribution in [1.29, 1.82) is 0 Å². The van der Waals surface area contributed by atoms with Crippen LogP contribution in [0.2, 0.25) is 0 Å². The molecule has 0 saturated carbocycles. The molecule has 0 N–H and O–H groups in total. The molecule has 6 nitrogen and oxygen atoms in total. The molecular formula is C18H20N4O2. The zero-order valence-electron chi connectivity index (χ0n) is 14.1. The fourth-order valence-electron chi connectivity index (χ4n) is 3.38. The van der Waals surface area contributed by atoms with Gasteiger partial charge in [-0.25, -0.2) is 0 Å². The fraction of sp³-hybridized carbons (Fsp3) is 0.444. The highest BCUT2D eigenvalue weighted by atomic mass is 16.5. The van der Waals surface area contributed by atoms with Gasteiger partial charge in [0.1, 0.15) is 0 Å². The normalized spacial score (nSPS) is 21.5. The van der Waals surface area contributed by atoms with Crippen molar-refractivity contribution in [2.45, 2.75) is 39.2 Å². The van der Waals surface area contributed by atoms with Gasteiger partial charge in [0, 0.05) is 30.6 Å². The Morgan fingerprint density at radius 2 is 2.04 bits per heavy atom. The molecule has 0 amide bonds. The Labute approximate surface area is 140 Å². The van der Waals surface area contributed by atoms with E-state index < -0.39 is 0 Å². The molecule has 1 fully saturated rings. The molecule has 4 heterocycles. The van der Waals surface area contributed by atoms with Crippen LogP contribution in [0.15, 0.2) is 35.2 Å². The average Bonchev–Trinajstić information content (AvgIpc) is 3.22. The standard InChI is InChI=1S/C18H20N4O2/c1-18(2,3)15-12(6-9-23-15)16-21-17(24-22-16)11-4-8-20-14-5-7-19-10-13(11)14/h4-5,7-8,10,12,15H,6,9H2,1-3H3/t12-,15-/m0/s1. The molecule has 1 saturated heterocycles. The summed E-state index contributed by atoms with van der Waals surface area (Å²) >= 11 is 0. The molecule has 0 bridgehead atoms. The Balaban J connectivity index is 1.72. The maximum atomic E-state index is 5.93. The molecule has 3 aromatic heterocycles. The predicted molar refractivity (Wildman–Crippen MR) is 89.4 cm³/mol. The van der Waals surface area contributed by atoms with E-state index in [1.54, 1.807) is 18.6 Å². The minimum absolute atomic E-state index is 0.0369. The Morgan fingerprint density at radius 3 is 2.88 bits per heavy atom. The number of ether oxygens (including phenoxy) is 1. The maximum absolute atomic E-state index is 5.93. The third kappa shape index (κ3) is 2.57. The van der Waals surface area contributed by atoms with Crippen LogP contribution in [0.4, 0.5) is 0 Å². The molecular weight excluding hydrogens is 304 g/mol. The number of aromatic nitrogens is 4. The first-order chi connectivity index (χ1) is 11.5. The molecule has 0 radical (unpaired) electrons. The molecule has 2 atom stereocenters. The summed E-state index contributed by atoms with van der Waals surface area (Å²) in [5.41, 5.74) is 1.76. The molecule has 6 heteroatoms. The van der Waals surface area contributed by atoms with Crippen LogP contribution in [-0.2, 0) is 4.74 Å². The highest BCUT2D eigenvalue weighted by Crippen LogP contribution is 2.40. The van der Waals surface area contributed by atoms with Gasteiger partial charge < -0.3 is 9.26 Å². The minimum Gasteiger partial charge on any atom is -0.377 e. The van der Waals surface area contributed by atoms with Gasteiger partial charge in [0.15, 0.2) is 5.82 Å². The van der Waals surface area contributed by atoms with E-state index >= 15 is 0 Å². The zero-order valence-corrected chi connectivity index (χ0v) is 14.1. The first kappa shape index (κ1) is 15.2. The van der Waals surface area contributed by atoms with Gasteiger partial charge in [-0.1, -0.05) is 25.9 Å². The van der Waals surface area contributed by atoms with Gasteiger partial charge in [0.2, 0.25) is 0 Å². The summed E-state index contributed by atoms with van der Waals surface area (Å²) in [4.78, 5) is 13.2. The summed E-state index contributed by atoms with van der Waals surface area (Å²) in [7, 11) is 0. The van der Waals surface area contributed by atoms with Crippen LogP contribution in [0.25, 0.3) is 22.4 Å². The van der Waals surface area contributed by atoms with Gasteiger partial charge >= 0.3 is 0 Å². The second-order valence-electron chi connectivity index (χ2n) is 7.26. The first-order valence-corrected chi connectivity index (χ1v) is 8.18. The fourth-order valence-corrected chi connectivity index (χ4v) is 3.38. The van der Waals surface area contributed by atoms with Crippen molar-refractivity contribution in [3.05, 3.63) is 36.5 Å². The Bertz CT molecular complexity index is 863. The smallest absolute Gasteiger partial charge is 0.258 e. The number of rotatable bonds is 2. The number of hydrogen-bond acceptors (Lipinski definition) is 6. The molecule has 3 aromatic rings. The lowest BCUT2D eigenvalue weighted by Crippen LogP contribution is -2.30. The van der Waals surface area contributed by atoms with E-state index in [0.717, 1.165) is 35.3 Å². The van der Waals surface area contributed by atoms with Crippen LogP contribution in [-0.4, -0.2) is 32.8 Å². The first-order valence-electron chi connectivity index (χ1n) is 8.18. The topological polar surface area (TPSA) is 73.9 Å². The summed E-state index contributed by atoms with van der Waals surface area (Å²) < 4.78 is 11.5. The maximum Gasteiger partial charge on any atom is 0.258 e. The minimum atomic E-state index is 0.0369. The van der Waals surface area contributed by atoms with Gasteiger partial charge in [-0.05, 0) is 24.0 Å². The molecule has 1 aliphatic rings. The van der Waals surface area contributed by atoms with Gasteiger partial charge in [-0.3, -0.25) is 9.97 Å². The zero-order chi connectivity index (χ0) is 16.7. The second kappa shape index (κ2) is 5.63. The van der Waals surface area contributed by atoms with Crippen molar-refractivity contribution in [3.63, 3.8) is 0 Å². The van der Waals surface area contributed by atoms with Crippen LogP contribution < -0.4 is 0 Å². The van der Waals surface area contributed by atoms with Crippen LogP contribution in [0.3, 0.4) is 0 Å². The summed E-state index contributed by atoms with van der Waals surface area (Å²) in [6.07, 6.45) is 6.26. The van der Waals surface area contributed by atoms with Crippen LogP contribution in [0.1, 0.15) is 38.9 Å². The molecule has 0 unspecified atom stereocenters. The summed E-state index contributed by atoms with van der Waals surface area (Å²) in [6.45, 7) is 7.27. The quantitative estimate of drug-likeness (QED) is 0.717. The van der Waals surface area contributed by atoms with Crippen molar-refractivity contribution in [2.75, 3.05) is 6.61 Å². The molecule has 4 rings (SSSR count). The summed E-state index contributed by atoms with van der Waals surface area (Å²) in [5.74, 6) is 1.38. The van der Waals surface area contributed by atoms with Gasteiger partial charge in [-0.2, -0.15) is 4.98 Å². The molecule has 0 aromatic carbocycles. The van der Waals surface area contributed by atoms with Crippen molar-refractivity contribution in [2.24, 2.45) is 5.41 Å². The van der Waals surface area contributed by atoms with E-state index in [4.69, 9.17) is 9.26 Å². The van der Waals surface area contributed by atoms with E-state index in [1.807, 2.05) is 12.1 Å². The molecule has 1 aliphatic heterocycles. The largest absolute Gasteiger partial charge is 0.377 e. The second-order valence-corrected chi connectivity index (χ2v) is 7.26. The number of fused-ring (bicyclic) bond motifs is 1. The van der Waals surface area contributed by atoms with E-state index in [0.29, 0.717) is 5.89 Å². The van der Waals surface area contributed by atoms with Gasteiger partial charge in [0.05, 0.1) is 23.1 Å². The van der Waals surface area contributed by atoms with Gasteiger partial charge in [-0.15, -0.1) is 0 Å². The summed E-state index contributed by atoms with van der Waals surface area (Å²) in [6, 6.07) is 3.75. The van der Waals surface area contributed by atoms with E-state index in [1.165, 1.54) is 0 Å². The SMILES string of the molecule is CC(C)(C)[C@H]1OCC[C@@H]1c1noc(-c2ccnc3ccncc23)n1. The number of nitrogens with zero attached hydrogens (tertiary/aromatic N) is 4. The predicted octanol–water partition coefficient (Wildman–Crippen LogP) is 3.60. The van der Waals surface area contributed by atoms with Crippen molar-refractivity contribution >= 4 is 10.9 Å². The Morgan fingerprint density at radius 1 is 1.17 bits per heavy atom. The van der Waals surface area contributed by atoms with Crippen molar-refractivity contribution in [1.82, 2.24) is 20.1 Å². The lowest BCUT2D eigenvalue weighted by Gasteiger charge is -2.29. The van der Waals surface area contributed by atoms with Gasteiger partial charge in [0.25, 0.3) is 5.89 Å². The molecule has 0 spiro atoms. The van der Waals surface area contributed by atoms with Crippen molar-refractivity contribution < 1.29 is 9.26 Å². The van der Waals surface area contributed by atoms with Crippen LogP contribution in [0, 0.1) is 5.41 Å². The average molecular weight is 324 g/mol. The van der Waals surface area contributed by atoms with Crippen LogP contribution in [0.5, 0.6) is 0 Å². The van der Waals surface area contributed by atoms with E-state index in [2.05, 4.69) is 40.9 Å². The third-order valence-corrected chi connectivity index (χ3v) is 4.49. The Hall–Kier alpha value is -2.34. The molecule has 24 heavy (non-hydrogen) atoms. The van der Waals surface area contributed by atoms with E-state index in [-0.39, 0.29) is 17.4 Å². The monoisotopic (exact) mass is 324 g/mol. The highest BCUT2D eigenvalue weighted by molar-refractivity contribution is 5.91. The lowest BCUT2D eigenvalue weighted by molar-refractivity contribution is 0.0193. The third-order valence-electron chi connectivity index (χ3n) is 4.49. The van der Waals surface area contributed by atoms with Crippen LogP contribution >= 0.6 is 0 Å². The lowest BCUT2D eigenvalue weighted by atomic mass is 9.81. The highest BCUT2D eigenvalue weighted by Gasteiger charge is 2.40. The number of pyridine rings is 2.